The lowest BCUT2D eigenvalue weighted by Gasteiger charge is -2.28. The van der Waals surface area contributed by atoms with Gasteiger partial charge in [0.05, 0.1) is 16.9 Å². The molecule has 5 nitrogen and oxygen atoms in total. The number of carbonyl (C=O) groups excluding carboxylic acids is 2. The van der Waals surface area contributed by atoms with Crippen molar-refractivity contribution >= 4 is 29.0 Å². The fraction of sp³-hybridized carbons (Fsp3) is 0.700. The van der Waals surface area contributed by atoms with E-state index in [4.69, 9.17) is 18.0 Å². The van der Waals surface area contributed by atoms with Crippen molar-refractivity contribution in [3.63, 3.8) is 0 Å². The molecule has 0 fully saturated rings. The van der Waals surface area contributed by atoms with Crippen LogP contribution in [0.2, 0.25) is 0 Å². The smallest absolute Gasteiger partial charge is 0.241 e. The number of likely N-dealkylation sites (N-methyl/N-ethyl adjacent to an activating group) is 2. The summed E-state index contributed by atoms with van der Waals surface area (Å²) in [7, 11) is 4.84. The number of thiocarbonyl (C=S) groups is 1. The summed E-state index contributed by atoms with van der Waals surface area (Å²) in [5.41, 5.74) is 4.57. The second kappa shape index (κ2) is 5.25. The van der Waals surface area contributed by atoms with Crippen LogP contribution in [-0.2, 0) is 9.59 Å². The molecule has 0 heterocycles. The van der Waals surface area contributed by atoms with E-state index in [9.17, 15) is 9.59 Å². The van der Waals surface area contributed by atoms with Crippen LogP contribution in [-0.4, -0.2) is 54.3 Å². The van der Waals surface area contributed by atoms with Crippen LogP contribution in [0, 0.1) is 5.41 Å². The topological polar surface area (TPSA) is 66.6 Å². The first-order valence-electron chi connectivity index (χ1n) is 4.86. The first-order valence-corrected chi connectivity index (χ1v) is 5.27. The minimum atomic E-state index is -0.920. The normalized spacial score (nSPS) is 10.8. The van der Waals surface area contributed by atoms with Gasteiger partial charge in [0.25, 0.3) is 0 Å². The zero-order valence-corrected chi connectivity index (χ0v) is 11.2. The van der Waals surface area contributed by atoms with Crippen molar-refractivity contribution in [2.24, 2.45) is 11.1 Å². The Hall–Kier alpha value is -1.17. The molecule has 2 N–H and O–H groups in total. The van der Waals surface area contributed by atoms with E-state index in [0.29, 0.717) is 0 Å². The molecule has 0 aliphatic heterocycles. The maximum atomic E-state index is 12.0. The molecule has 0 aliphatic carbocycles. The van der Waals surface area contributed by atoms with Crippen molar-refractivity contribution in [1.29, 1.82) is 0 Å². The van der Waals surface area contributed by atoms with Crippen LogP contribution in [0.15, 0.2) is 0 Å². The van der Waals surface area contributed by atoms with E-state index < -0.39 is 5.41 Å². The van der Waals surface area contributed by atoms with Crippen molar-refractivity contribution in [1.82, 2.24) is 9.80 Å². The summed E-state index contributed by atoms with van der Waals surface area (Å²) in [4.78, 5) is 26.3. The summed E-state index contributed by atoms with van der Waals surface area (Å²) >= 11 is 4.83. The number of carbonyl (C=O) groups is 2. The Morgan fingerprint density at radius 1 is 1.25 bits per heavy atom. The first-order chi connectivity index (χ1) is 7.10. The molecule has 0 rings (SSSR count). The summed E-state index contributed by atoms with van der Waals surface area (Å²) in [6.07, 6.45) is 0. The zero-order chi connectivity index (χ0) is 13.1. The summed E-state index contributed by atoms with van der Waals surface area (Å²) in [6, 6.07) is 0. The molecule has 0 saturated heterocycles. The van der Waals surface area contributed by atoms with Crippen LogP contribution >= 0.6 is 12.2 Å². The van der Waals surface area contributed by atoms with E-state index in [1.54, 1.807) is 35.0 Å². The van der Waals surface area contributed by atoms with Crippen LogP contribution in [0.4, 0.5) is 0 Å². The lowest BCUT2D eigenvalue weighted by molar-refractivity contribution is -0.141. The number of nitrogens with two attached hydrogens (primary N) is 1. The number of amides is 2. The second-order valence-electron chi connectivity index (χ2n) is 4.44. The van der Waals surface area contributed by atoms with Crippen molar-refractivity contribution in [2.75, 3.05) is 27.7 Å². The van der Waals surface area contributed by atoms with Gasteiger partial charge < -0.3 is 15.5 Å². The molecule has 6 heteroatoms. The van der Waals surface area contributed by atoms with E-state index in [2.05, 4.69) is 0 Å². The third kappa shape index (κ3) is 3.44. The second-order valence-corrected chi connectivity index (χ2v) is 4.88. The van der Waals surface area contributed by atoms with Gasteiger partial charge in [0.2, 0.25) is 11.8 Å². The Bertz CT molecular complexity index is 313. The van der Waals surface area contributed by atoms with Crippen LogP contribution in [0.5, 0.6) is 0 Å². The van der Waals surface area contributed by atoms with Gasteiger partial charge in [0.15, 0.2) is 0 Å². The fourth-order valence-corrected chi connectivity index (χ4v) is 1.09. The van der Waals surface area contributed by atoms with Crippen LogP contribution in [0.25, 0.3) is 0 Å². The van der Waals surface area contributed by atoms with E-state index >= 15 is 0 Å². The molecule has 0 atom stereocenters. The molecule has 0 aromatic heterocycles. The summed E-state index contributed by atoms with van der Waals surface area (Å²) < 4.78 is 0. The molecule has 2 amide bonds. The highest BCUT2D eigenvalue weighted by Gasteiger charge is 2.34. The molecule has 16 heavy (non-hydrogen) atoms. The quantitative estimate of drug-likeness (QED) is 0.699. The third-order valence-electron chi connectivity index (χ3n) is 2.37. The van der Waals surface area contributed by atoms with Gasteiger partial charge in [-0.2, -0.15) is 0 Å². The average molecular weight is 245 g/mol. The fourth-order valence-electron chi connectivity index (χ4n) is 0.999. The zero-order valence-electron chi connectivity index (χ0n) is 10.4. The standard InChI is InChI=1S/C10H19N3O2S/c1-10(2,8(11)16)9(15)13(5)6-7(14)12(3)4/h6H2,1-5H3,(H2,11,16). The predicted octanol–water partition coefficient (Wildman–Crippen LogP) is -0.155. The van der Waals surface area contributed by atoms with Crippen LogP contribution < -0.4 is 5.73 Å². The Morgan fingerprint density at radius 3 is 2.00 bits per heavy atom. The van der Waals surface area contributed by atoms with Crippen molar-refractivity contribution in [2.45, 2.75) is 13.8 Å². The van der Waals surface area contributed by atoms with Gasteiger partial charge in [-0.15, -0.1) is 0 Å². The van der Waals surface area contributed by atoms with Gasteiger partial charge in [-0.05, 0) is 13.8 Å². The Kier molecular flexibility index (Phi) is 4.86. The van der Waals surface area contributed by atoms with Gasteiger partial charge in [-0.25, -0.2) is 0 Å². The number of hydrogen-bond donors (Lipinski definition) is 1. The molecule has 92 valence electrons. The average Bonchev–Trinajstić information content (AvgIpc) is 2.15. The maximum Gasteiger partial charge on any atom is 0.241 e. The molecular formula is C10H19N3O2S. The minimum absolute atomic E-state index is 0.0257. The Balaban J connectivity index is 4.64. The molecule has 0 spiro atoms. The van der Waals surface area contributed by atoms with E-state index in [1.165, 1.54) is 9.80 Å². The molecule has 0 aromatic carbocycles. The largest absolute Gasteiger partial charge is 0.392 e. The lowest BCUT2D eigenvalue weighted by Crippen LogP contribution is -2.48. The van der Waals surface area contributed by atoms with Gasteiger partial charge in [-0.3, -0.25) is 9.59 Å². The molecule has 0 aliphatic rings. The molecule has 0 unspecified atom stereocenters. The minimum Gasteiger partial charge on any atom is -0.392 e. The molecule has 0 saturated carbocycles. The summed E-state index contributed by atoms with van der Waals surface area (Å²) in [6.45, 7) is 3.32. The van der Waals surface area contributed by atoms with Gasteiger partial charge >= 0.3 is 0 Å². The molecule has 0 aromatic rings. The highest BCUT2D eigenvalue weighted by Crippen LogP contribution is 2.18. The Morgan fingerprint density at radius 2 is 1.69 bits per heavy atom. The highest BCUT2D eigenvalue weighted by atomic mass is 32.1. The van der Waals surface area contributed by atoms with E-state index in [0.717, 1.165) is 0 Å². The molecular weight excluding hydrogens is 226 g/mol. The van der Waals surface area contributed by atoms with Gasteiger partial charge in [0, 0.05) is 21.1 Å². The summed E-state index contributed by atoms with van der Waals surface area (Å²) in [5, 5.41) is 0. The first kappa shape index (κ1) is 14.8. The van der Waals surface area contributed by atoms with E-state index in [-0.39, 0.29) is 23.3 Å². The number of rotatable bonds is 4. The lowest BCUT2D eigenvalue weighted by atomic mass is 9.92. The van der Waals surface area contributed by atoms with Crippen molar-refractivity contribution in [3.05, 3.63) is 0 Å². The monoisotopic (exact) mass is 245 g/mol. The van der Waals surface area contributed by atoms with Crippen LogP contribution in [0.1, 0.15) is 13.8 Å². The van der Waals surface area contributed by atoms with Gasteiger partial charge in [0.1, 0.15) is 0 Å². The van der Waals surface area contributed by atoms with Crippen molar-refractivity contribution < 1.29 is 9.59 Å². The van der Waals surface area contributed by atoms with Crippen LogP contribution in [0.3, 0.4) is 0 Å². The van der Waals surface area contributed by atoms with E-state index in [1.807, 2.05) is 0 Å². The highest BCUT2D eigenvalue weighted by molar-refractivity contribution is 7.80. The number of nitrogens with zero attached hydrogens (tertiary/aromatic N) is 2. The SMILES string of the molecule is CN(C)C(=O)CN(C)C(=O)C(C)(C)C(N)=S. The third-order valence-corrected chi connectivity index (χ3v) is 2.88. The molecule has 0 bridgehead atoms. The number of hydrogen-bond acceptors (Lipinski definition) is 3. The maximum absolute atomic E-state index is 12.0. The predicted molar refractivity (Wildman–Crippen MR) is 66.9 cm³/mol. The Labute approximate surface area is 102 Å². The van der Waals surface area contributed by atoms with Crippen molar-refractivity contribution in [3.8, 4) is 0 Å². The van der Waals surface area contributed by atoms with Gasteiger partial charge in [-0.1, -0.05) is 12.2 Å². The summed E-state index contributed by atoms with van der Waals surface area (Å²) in [5.74, 6) is -0.398. The molecule has 0 radical (unpaired) electrons.